The van der Waals surface area contributed by atoms with Crippen LogP contribution in [0.1, 0.15) is 39.2 Å². The number of aromatic nitrogens is 4. The van der Waals surface area contributed by atoms with E-state index in [1.54, 1.807) is 12.4 Å². The van der Waals surface area contributed by atoms with E-state index in [0.29, 0.717) is 12.6 Å². The number of carbonyl (C=O) groups is 1. The molecule has 0 unspecified atom stereocenters. The van der Waals surface area contributed by atoms with Gasteiger partial charge in [0.05, 0.1) is 5.25 Å². The zero-order chi connectivity index (χ0) is 16.2. The predicted octanol–water partition coefficient (Wildman–Crippen LogP) is 2.68. The second-order valence-corrected chi connectivity index (χ2v) is 7.01. The molecule has 0 spiro atoms. The molecule has 122 valence electrons. The number of pyridine rings is 1. The Kier molecular flexibility index (Phi) is 4.95. The van der Waals surface area contributed by atoms with Gasteiger partial charge in [0.25, 0.3) is 0 Å². The van der Waals surface area contributed by atoms with Crippen molar-refractivity contribution in [2.24, 2.45) is 0 Å². The molecule has 1 N–H and O–H groups in total. The second-order valence-electron chi connectivity index (χ2n) is 5.70. The van der Waals surface area contributed by atoms with Gasteiger partial charge in [-0.2, -0.15) is 0 Å². The van der Waals surface area contributed by atoms with Crippen molar-refractivity contribution in [2.45, 2.75) is 49.6 Å². The Labute approximate surface area is 140 Å². The fraction of sp³-hybridized carbons (Fsp3) is 0.500. The summed E-state index contributed by atoms with van der Waals surface area (Å²) in [6.07, 6.45) is 6.75. The number of nitrogens with one attached hydrogen (secondary N) is 1. The number of nitrogens with zero attached hydrogens (tertiary/aromatic N) is 4. The van der Waals surface area contributed by atoms with Crippen LogP contribution in [0, 0.1) is 0 Å². The van der Waals surface area contributed by atoms with Crippen LogP contribution in [0.2, 0.25) is 0 Å². The molecule has 0 aromatic carbocycles. The van der Waals surface area contributed by atoms with Crippen molar-refractivity contribution in [3.8, 4) is 11.4 Å². The molecular formula is C16H21N5OS. The van der Waals surface area contributed by atoms with Crippen LogP contribution in [0.25, 0.3) is 11.4 Å². The Morgan fingerprint density at radius 3 is 2.96 bits per heavy atom. The minimum Gasteiger partial charge on any atom is -0.355 e. The van der Waals surface area contributed by atoms with Gasteiger partial charge in [-0.15, -0.1) is 10.2 Å². The first-order chi connectivity index (χ1) is 11.2. The van der Waals surface area contributed by atoms with Gasteiger partial charge in [0.15, 0.2) is 11.0 Å². The highest BCUT2D eigenvalue weighted by Gasteiger charge is 2.31. The third-order valence-corrected chi connectivity index (χ3v) is 4.75. The van der Waals surface area contributed by atoms with Crippen molar-refractivity contribution < 1.29 is 4.79 Å². The van der Waals surface area contributed by atoms with E-state index in [0.717, 1.165) is 35.8 Å². The van der Waals surface area contributed by atoms with E-state index >= 15 is 0 Å². The lowest BCUT2D eigenvalue weighted by Gasteiger charge is -2.13. The summed E-state index contributed by atoms with van der Waals surface area (Å²) in [5, 5.41) is 12.2. The highest BCUT2D eigenvalue weighted by atomic mass is 32.2. The Balaban J connectivity index is 1.80. The Hall–Kier alpha value is -1.89. The highest BCUT2D eigenvalue weighted by Crippen LogP contribution is 2.41. The van der Waals surface area contributed by atoms with Crippen molar-refractivity contribution in [2.75, 3.05) is 6.54 Å². The minimum absolute atomic E-state index is 0.0464. The van der Waals surface area contributed by atoms with Crippen LogP contribution in [0.15, 0.2) is 29.7 Å². The van der Waals surface area contributed by atoms with Crippen molar-refractivity contribution in [3.05, 3.63) is 24.5 Å². The topological polar surface area (TPSA) is 72.7 Å². The molecule has 1 fully saturated rings. The highest BCUT2D eigenvalue weighted by molar-refractivity contribution is 8.00. The second kappa shape index (κ2) is 7.12. The fourth-order valence-corrected chi connectivity index (χ4v) is 3.26. The summed E-state index contributed by atoms with van der Waals surface area (Å²) in [7, 11) is 0. The number of amides is 1. The van der Waals surface area contributed by atoms with Crippen LogP contribution in [-0.2, 0) is 4.79 Å². The summed E-state index contributed by atoms with van der Waals surface area (Å²) in [6.45, 7) is 4.66. The Bertz CT molecular complexity index is 668. The van der Waals surface area contributed by atoms with Gasteiger partial charge < -0.3 is 5.32 Å². The van der Waals surface area contributed by atoms with E-state index < -0.39 is 0 Å². The molecule has 1 saturated carbocycles. The molecule has 3 rings (SSSR count). The van der Waals surface area contributed by atoms with Gasteiger partial charge in [0.1, 0.15) is 0 Å². The molecule has 2 aromatic rings. The van der Waals surface area contributed by atoms with Crippen molar-refractivity contribution in [3.63, 3.8) is 0 Å². The van der Waals surface area contributed by atoms with E-state index in [9.17, 15) is 4.79 Å². The van der Waals surface area contributed by atoms with Gasteiger partial charge in [0.2, 0.25) is 5.91 Å². The molecule has 1 aliphatic rings. The van der Waals surface area contributed by atoms with Gasteiger partial charge in [-0.1, -0.05) is 18.7 Å². The van der Waals surface area contributed by atoms with Crippen LogP contribution in [-0.4, -0.2) is 37.5 Å². The van der Waals surface area contributed by atoms with Crippen LogP contribution >= 0.6 is 11.8 Å². The first-order valence-electron chi connectivity index (χ1n) is 8.00. The molecule has 0 radical (unpaired) electrons. The standard InChI is InChI=1S/C16H21N5OS/c1-3-8-18-15(22)11(2)23-16-20-19-14(21(16)13-6-7-13)12-5-4-9-17-10-12/h4-5,9-11,13H,3,6-8H2,1-2H3,(H,18,22)/t11-/m1/s1. The van der Waals surface area contributed by atoms with Crippen LogP contribution < -0.4 is 5.32 Å². The maximum absolute atomic E-state index is 12.1. The van der Waals surface area contributed by atoms with Gasteiger partial charge >= 0.3 is 0 Å². The van der Waals surface area contributed by atoms with Crippen molar-refractivity contribution in [1.82, 2.24) is 25.1 Å². The molecular weight excluding hydrogens is 310 g/mol. The summed E-state index contributed by atoms with van der Waals surface area (Å²) in [4.78, 5) is 16.2. The minimum atomic E-state index is -0.190. The molecule has 0 saturated heterocycles. The van der Waals surface area contributed by atoms with E-state index in [1.165, 1.54) is 11.8 Å². The van der Waals surface area contributed by atoms with E-state index in [4.69, 9.17) is 0 Å². The van der Waals surface area contributed by atoms with Gasteiger partial charge in [-0.05, 0) is 38.3 Å². The van der Waals surface area contributed by atoms with Gasteiger partial charge in [-0.3, -0.25) is 14.3 Å². The lowest BCUT2D eigenvalue weighted by atomic mass is 10.3. The largest absolute Gasteiger partial charge is 0.355 e. The van der Waals surface area contributed by atoms with E-state index in [1.807, 2.05) is 26.0 Å². The molecule has 1 atom stereocenters. The Morgan fingerprint density at radius 2 is 2.30 bits per heavy atom. The number of rotatable bonds is 7. The average molecular weight is 331 g/mol. The zero-order valence-corrected chi connectivity index (χ0v) is 14.2. The van der Waals surface area contributed by atoms with Gasteiger partial charge in [-0.25, -0.2) is 0 Å². The zero-order valence-electron chi connectivity index (χ0n) is 13.4. The molecule has 1 amide bonds. The van der Waals surface area contributed by atoms with E-state index in [-0.39, 0.29) is 11.2 Å². The Morgan fingerprint density at radius 1 is 1.48 bits per heavy atom. The molecule has 2 aromatic heterocycles. The molecule has 0 aliphatic heterocycles. The quantitative estimate of drug-likeness (QED) is 0.790. The lowest BCUT2D eigenvalue weighted by molar-refractivity contribution is -0.120. The summed E-state index contributed by atoms with van der Waals surface area (Å²) >= 11 is 1.47. The number of carbonyl (C=O) groups excluding carboxylic acids is 1. The normalized spacial score (nSPS) is 15.4. The number of hydrogen-bond donors (Lipinski definition) is 1. The summed E-state index contributed by atoms with van der Waals surface area (Å²) in [6, 6.07) is 4.32. The SMILES string of the molecule is CCCNC(=O)[C@@H](C)Sc1nnc(-c2cccnc2)n1C1CC1. The first-order valence-corrected chi connectivity index (χ1v) is 8.88. The van der Waals surface area contributed by atoms with Crippen LogP contribution in [0.3, 0.4) is 0 Å². The molecule has 0 bridgehead atoms. The summed E-state index contributed by atoms with van der Waals surface area (Å²) in [5.41, 5.74) is 0.960. The lowest BCUT2D eigenvalue weighted by Crippen LogP contribution is -2.31. The number of hydrogen-bond acceptors (Lipinski definition) is 5. The number of thioether (sulfide) groups is 1. The molecule has 7 heteroatoms. The molecule has 2 heterocycles. The molecule has 6 nitrogen and oxygen atoms in total. The first kappa shape index (κ1) is 16.0. The van der Waals surface area contributed by atoms with Crippen LogP contribution in [0.4, 0.5) is 0 Å². The molecule has 23 heavy (non-hydrogen) atoms. The summed E-state index contributed by atoms with van der Waals surface area (Å²) < 4.78 is 2.16. The van der Waals surface area contributed by atoms with Crippen LogP contribution in [0.5, 0.6) is 0 Å². The summed E-state index contributed by atoms with van der Waals surface area (Å²) in [5.74, 6) is 0.884. The third-order valence-electron chi connectivity index (χ3n) is 3.70. The predicted molar refractivity (Wildman–Crippen MR) is 90.1 cm³/mol. The maximum atomic E-state index is 12.1. The smallest absolute Gasteiger partial charge is 0.233 e. The fourth-order valence-electron chi connectivity index (χ4n) is 2.31. The van der Waals surface area contributed by atoms with Gasteiger partial charge in [0, 0.05) is 30.5 Å². The third kappa shape index (κ3) is 3.72. The monoisotopic (exact) mass is 331 g/mol. The van der Waals surface area contributed by atoms with Crippen molar-refractivity contribution in [1.29, 1.82) is 0 Å². The average Bonchev–Trinajstić information content (AvgIpc) is 3.34. The molecule has 1 aliphatic carbocycles. The maximum Gasteiger partial charge on any atom is 0.233 e. The van der Waals surface area contributed by atoms with E-state index in [2.05, 4.69) is 25.1 Å². The van der Waals surface area contributed by atoms with Crippen molar-refractivity contribution >= 4 is 17.7 Å².